The van der Waals surface area contributed by atoms with Crippen molar-refractivity contribution in [1.82, 2.24) is 4.90 Å². The van der Waals surface area contributed by atoms with Gasteiger partial charge >= 0.3 is 5.97 Å². The Morgan fingerprint density at radius 1 is 1.24 bits per heavy atom. The van der Waals surface area contributed by atoms with Gasteiger partial charge in [0.15, 0.2) is 0 Å². The van der Waals surface area contributed by atoms with Gasteiger partial charge in [0, 0.05) is 25.4 Å². The highest BCUT2D eigenvalue weighted by atomic mass is 16.5. The molecule has 2 rings (SSSR count). The molecule has 0 radical (unpaired) electrons. The quantitative estimate of drug-likeness (QED) is 0.574. The maximum atomic E-state index is 11.0. The molecule has 0 aliphatic carbocycles. The van der Waals surface area contributed by atoms with Gasteiger partial charge in [0.25, 0.3) is 0 Å². The van der Waals surface area contributed by atoms with Gasteiger partial charge < -0.3 is 9.64 Å². The number of hydrogen-bond acceptors (Lipinski definition) is 3. The highest BCUT2D eigenvalue weighted by Crippen LogP contribution is 2.15. The summed E-state index contributed by atoms with van der Waals surface area (Å²) in [5.41, 5.74) is 2.84. The minimum Gasteiger partial charge on any atom is -0.466 e. The summed E-state index contributed by atoms with van der Waals surface area (Å²) in [6, 6.07) is 8.53. The maximum Gasteiger partial charge on any atom is 0.331 e. The second kappa shape index (κ2) is 5.53. The summed E-state index contributed by atoms with van der Waals surface area (Å²) < 4.78 is 4.58. The van der Waals surface area contributed by atoms with E-state index in [-0.39, 0.29) is 5.97 Å². The molecule has 1 heterocycles. The van der Waals surface area contributed by atoms with Crippen molar-refractivity contribution in [1.29, 1.82) is 0 Å². The number of methoxy groups -OCH3 is 1. The lowest BCUT2D eigenvalue weighted by atomic mass is 10.0. The molecule has 3 nitrogen and oxygen atoms in total. The average Bonchev–Trinajstić information content (AvgIpc) is 2.58. The van der Waals surface area contributed by atoms with Crippen LogP contribution in [0.3, 0.4) is 0 Å². The molecule has 90 valence electrons. The van der Waals surface area contributed by atoms with Gasteiger partial charge in [-0.15, -0.1) is 0 Å². The van der Waals surface area contributed by atoms with Crippen molar-refractivity contribution in [3.63, 3.8) is 0 Å². The molecule has 17 heavy (non-hydrogen) atoms. The third-order valence-electron chi connectivity index (χ3n) is 3.08. The smallest absolute Gasteiger partial charge is 0.331 e. The minimum absolute atomic E-state index is 0.299. The first-order valence-corrected chi connectivity index (χ1v) is 5.86. The number of esters is 1. The van der Waals surface area contributed by atoms with E-state index in [1.165, 1.54) is 24.3 Å². The van der Waals surface area contributed by atoms with Gasteiger partial charge in [-0.1, -0.05) is 24.3 Å². The van der Waals surface area contributed by atoms with E-state index in [1.54, 1.807) is 0 Å². The zero-order chi connectivity index (χ0) is 12.1. The fourth-order valence-corrected chi connectivity index (χ4v) is 2.07. The lowest BCUT2D eigenvalue weighted by Crippen LogP contribution is -2.20. The van der Waals surface area contributed by atoms with E-state index in [4.69, 9.17) is 0 Å². The first-order valence-electron chi connectivity index (χ1n) is 5.86. The Morgan fingerprint density at radius 2 is 1.82 bits per heavy atom. The van der Waals surface area contributed by atoms with Crippen LogP contribution in [0.25, 0.3) is 0 Å². The van der Waals surface area contributed by atoms with E-state index >= 15 is 0 Å². The van der Waals surface area contributed by atoms with Crippen LogP contribution in [0.4, 0.5) is 0 Å². The van der Waals surface area contributed by atoms with Gasteiger partial charge in [0.05, 0.1) is 7.11 Å². The lowest BCUT2D eigenvalue weighted by molar-refractivity contribution is -0.134. The minimum atomic E-state index is -0.299. The summed E-state index contributed by atoms with van der Waals surface area (Å²) in [6.45, 7) is 1.90. The van der Waals surface area contributed by atoms with Gasteiger partial charge in [-0.2, -0.15) is 0 Å². The van der Waals surface area contributed by atoms with Gasteiger partial charge in [-0.05, 0) is 24.0 Å². The summed E-state index contributed by atoms with van der Waals surface area (Å²) in [6.07, 6.45) is 5.37. The Hall–Kier alpha value is -1.77. The standard InChI is InChI=1S/C14H17NO2/c1-17-14(16)8-11-15-9-6-12-4-2-3-5-13(12)7-10-15/h2-5,8,11H,6-7,9-10H2,1H3. The van der Waals surface area contributed by atoms with E-state index in [0.717, 1.165) is 25.9 Å². The van der Waals surface area contributed by atoms with Crippen LogP contribution < -0.4 is 0 Å². The van der Waals surface area contributed by atoms with Crippen molar-refractivity contribution in [2.75, 3.05) is 20.2 Å². The summed E-state index contributed by atoms with van der Waals surface area (Å²) in [5.74, 6) is -0.299. The Balaban J connectivity index is 1.99. The Labute approximate surface area is 102 Å². The topological polar surface area (TPSA) is 29.5 Å². The van der Waals surface area contributed by atoms with Crippen LogP contribution in [0, 0.1) is 0 Å². The number of benzene rings is 1. The molecule has 0 aromatic heterocycles. The molecule has 0 bridgehead atoms. The summed E-state index contributed by atoms with van der Waals surface area (Å²) in [5, 5.41) is 0. The molecule has 3 heteroatoms. The third kappa shape index (κ3) is 3.09. The third-order valence-corrected chi connectivity index (χ3v) is 3.08. The van der Waals surface area contributed by atoms with Crippen LogP contribution in [-0.2, 0) is 22.4 Å². The number of carbonyl (C=O) groups is 1. The first-order chi connectivity index (χ1) is 8.29. The Bertz CT molecular complexity index is 399. The second-order valence-corrected chi connectivity index (χ2v) is 4.14. The molecule has 1 aromatic carbocycles. The Morgan fingerprint density at radius 3 is 2.35 bits per heavy atom. The first kappa shape index (κ1) is 11.7. The molecule has 1 aliphatic rings. The summed E-state index contributed by atoms with van der Waals surface area (Å²) in [7, 11) is 1.39. The van der Waals surface area contributed by atoms with Crippen molar-refractivity contribution < 1.29 is 9.53 Å². The van der Waals surface area contributed by atoms with Crippen LogP contribution in [0.15, 0.2) is 36.5 Å². The van der Waals surface area contributed by atoms with Gasteiger partial charge in [-0.3, -0.25) is 0 Å². The summed E-state index contributed by atoms with van der Waals surface area (Å²) in [4.78, 5) is 13.2. The van der Waals surface area contributed by atoms with Crippen LogP contribution in [0.5, 0.6) is 0 Å². The van der Waals surface area contributed by atoms with Crippen molar-refractivity contribution >= 4 is 5.97 Å². The largest absolute Gasteiger partial charge is 0.466 e. The number of hydrogen-bond donors (Lipinski definition) is 0. The van der Waals surface area contributed by atoms with E-state index < -0.39 is 0 Å². The fraction of sp³-hybridized carbons (Fsp3) is 0.357. The normalized spacial score (nSPS) is 15.5. The van der Waals surface area contributed by atoms with Crippen molar-refractivity contribution in [2.24, 2.45) is 0 Å². The van der Waals surface area contributed by atoms with Gasteiger partial charge in [-0.25, -0.2) is 4.79 Å². The average molecular weight is 231 g/mol. The van der Waals surface area contributed by atoms with Crippen LogP contribution in [0.2, 0.25) is 0 Å². The molecule has 0 atom stereocenters. The van der Waals surface area contributed by atoms with Gasteiger partial charge in [0.2, 0.25) is 0 Å². The molecule has 0 N–H and O–H groups in total. The monoisotopic (exact) mass is 231 g/mol. The predicted molar refractivity (Wildman–Crippen MR) is 66.6 cm³/mol. The van der Waals surface area contributed by atoms with E-state index in [0.29, 0.717) is 0 Å². The number of fused-ring (bicyclic) bond motifs is 1. The highest BCUT2D eigenvalue weighted by Gasteiger charge is 2.10. The lowest BCUT2D eigenvalue weighted by Gasteiger charge is -2.16. The molecule has 0 saturated carbocycles. The molecule has 0 unspecified atom stereocenters. The van der Waals surface area contributed by atoms with Crippen molar-refractivity contribution in [3.05, 3.63) is 47.7 Å². The van der Waals surface area contributed by atoms with Crippen LogP contribution in [0.1, 0.15) is 11.1 Å². The maximum absolute atomic E-state index is 11.0. The molecule has 0 saturated heterocycles. The highest BCUT2D eigenvalue weighted by molar-refractivity contribution is 5.81. The number of carbonyl (C=O) groups excluding carboxylic acids is 1. The number of rotatable bonds is 2. The molecular weight excluding hydrogens is 214 g/mol. The SMILES string of the molecule is COC(=O)C=CN1CCc2ccccc2CC1. The van der Waals surface area contributed by atoms with Crippen LogP contribution in [-0.4, -0.2) is 31.1 Å². The van der Waals surface area contributed by atoms with E-state index in [1.807, 2.05) is 6.20 Å². The Kier molecular flexibility index (Phi) is 3.81. The van der Waals surface area contributed by atoms with E-state index in [2.05, 4.69) is 33.9 Å². The molecule has 0 spiro atoms. The number of ether oxygens (including phenoxy) is 1. The fourth-order valence-electron chi connectivity index (χ4n) is 2.07. The molecular formula is C14H17NO2. The summed E-state index contributed by atoms with van der Waals surface area (Å²) >= 11 is 0. The molecule has 0 amide bonds. The zero-order valence-electron chi connectivity index (χ0n) is 10.1. The van der Waals surface area contributed by atoms with Crippen molar-refractivity contribution in [3.8, 4) is 0 Å². The molecule has 1 aliphatic heterocycles. The predicted octanol–water partition coefficient (Wildman–Crippen LogP) is 1.77. The second-order valence-electron chi connectivity index (χ2n) is 4.14. The van der Waals surface area contributed by atoms with Crippen LogP contribution >= 0.6 is 0 Å². The van der Waals surface area contributed by atoms with Gasteiger partial charge in [0.1, 0.15) is 0 Å². The molecule has 1 aromatic rings. The van der Waals surface area contributed by atoms with E-state index in [9.17, 15) is 4.79 Å². The van der Waals surface area contributed by atoms with Crippen molar-refractivity contribution in [2.45, 2.75) is 12.8 Å². The number of nitrogens with zero attached hydrogens (tertiary/aromatic N) is 1. The zero-order valence-corrected chi connectivity index (χ0v) is 10.1. The molecule has 0 fully saturated rings.